The largest absolute Gasteiger partial charge is 0.478 e. The molecule has 2 aromatic rings. The fourth-order valence-electron chi connectivity index (χ4n) is 1.80. The van der Waals surface area contributed by atoms with Gasteiger partial charge in [0, 0.05) is 12.0 Å². The fourth-order valence-corrected chi connectivity index (χ4v) is 1.80. The summed E-state index contributed by atoms with van der Waals surface area (Å²) < 4.78 is 40.3. The third kappa shape index (κ3) is 2.59. The maximum absolute atomic E-state index is 13.7. The SMILES string of the molecule is O=C(O)c1ccc(F)c(F)c1Cc1ccccc1F. The molecule has 0 aromatic heterocycles. The lowest BCUT2D eigenvalue weighted by Crippen LogP contribution is -2.08. The Labute approximate surface area is 107 Å². The number of carboxylic acids is 1. The zero-order valence-corrected chi connectivity index (χ0v) is 9.66. The highest BCUT2D eigenvalue weighted by Gasteiger charge is 2.19. The summed E-state index contributed by atoms with van der Waals surface area (Å²) in [7, 11) is 0. The molecule has 0 saturated carbocycles. The van der Waals surface area contributed by atoms with E-state index < -0.39 is 23.4 Å². The van der Waals surface area contributed by atoms with Crippen LogP contribution in [0.4, 0.5) is 13.2 Å². The van der Waals surface area contributed by atoms with E-state index in [1.807, 2.05) is 0 Å². The van der Waals surface area contributed by atoms with Gasteiger partial charge >= 0.3 is 5.97 Å². The lowest BCUT2D eigenvalue weighted by molar-refractivity contribution is 0.0695. The van der Waals surface area contributed by atoms with Crippen LogP contribution < -0.4 is 0 Å². The fraction of sp³-hybridized carbons (Fsp3) is 0.0714. The molecule has 0 aliphatic carbocycles. The number of hydrogen-bond acceptors (Lipinski definition) is 1. The van der Waals surface area contributed by atoms with Gasteiger partial charge in [0.05, 0.1) is 5.56 Å². The summed E-state index contributed by atoms with van der Waals surface area (Å²) >= 11 is 0. The molecule has 0 saturated heterocycles. The van der Waals surface area contributed by atoms with Crippen LogP contribution in [0.5, 0.6) is 0 Å². The van der Waals surface area contributed by atoms with Gasteiger partial charge in [-0.2, -0.15) is 0 Å². The van der Waals surface area contributed by atoms with Crippen molar-refractivity contribution in [1.82, 2.24) is 0 Å². The molecule has 1 N–H and O–H groups in total. The van der Waals surface area contributed by atoms with E-state index in [0.717, 1.165) is 12.1 Å². The summed E-state index contributed by atoms with van der Waals surface area (Å²) in [6.07, 6.45) is -0.322. The van der Waals surface area contributed by atoms with E-state index >= 15 is 0 Å². The van der Waals surface area contributed by atoms with Gasteiger partial charge in [0.2, 0.25) is 0 Å². The van der Waals surface area contributed by atoms with Crippen molar-refractivity contribution in [3.05, 3.63) is 70.5 Å². The Kier molecular flexibility index (Phi) is 3.55. The molecule has 0 bridgehead atoms. The van der Waals surface area contributed by atoms with Gasteiger partial charge in [-0.15, -0.1) is 0 Å². The monoisotopic (exact) mass is 266 g/mol. The van der Waals surface area contributed by atoms with Gasteiger partial charge in [-0.1, -0.05) is 18.2 Å². The second-order valence-corrected chi connectivity index (χ2v) is 3.96. The standard InChI is InChI=1S/C14H9F3O2/c15-11-4-2-1-3-8(11)7-10-9(14(18)19)5-6-12(16)13(10)17/h1-6H,7H2,(H,18,19). The number of hydrogen-bond donors (Lipinski definition) is 1. The van der Waals surface area contributed by atoms with E-state index in [9.17, 15) is 18.0 Å². The lowest BCUT2D eigenvalue weighted by Gasteiger charge is -2.09. The van der Waals surface area contributed by atoms with Crippen LogP contribution in [0.3, 0.4) is 0 Å². The van der Waals surface area contributed by atoms with Gasteiger partial charge in [-0.05, 0) is 23.8 Å². The Hall–Kier alpha value is -2.30. The highest BCUT2D eigenvalue weighted by Crippen LogP contribution is 2.22. The van der Waals surface area contributed by atoms with Crippen molar-refractivity contribution in [2.45, 2.75) is 6.42 Å². The molecule has 2 rings (SSSR count). The Morgan fingerprint density at radius 3 is 2.32 bits per heavy atom. The van der Waals surface area contributed by atoms with Gasteiger partial charge in [0.15, 0.2) is 11.6 Å². The molecule has 0 aliphatic rings. The summed E-state index contributed by atoms with van der Waals surface area (Å²) in [6.45, 7) is 0. The van der Waals surface area contributed by atoms with Crippen molar-refractivity contribution < 1.29 is 23.1 Å². The molecule has 0 heterocycles. The summed E-state index contributed by atoms with van der Waals surface area (Å²) in [5.74, 6) is -4.40. The first-order chi connectivity index (χ1) is 9.00. The molecular formula is C14H9F3O2. The molecule has 2 aromatic carbocycles. The molecular weight excluding hydrogens is 257 g/mol. The van der Waals surface area contributed by atoms with Crippen LogP contribution >= 0.6 is 0 Å². The molecule has 0 atom stereocenters. The van der Waals surface area contributed by atoms with Crippen molar-refractivity contribution in [2.75, 3.05) is 0 Å². The van der Waals surface area contributed by atoms with Gasteiger partial charge in [0.1, 0.15) is 5.82 Å². The first kappa shape index (κ1) is 13.1. The Morgan fingerprint density at radius 1 is 1.00 bits per heavy atom. The summed E-state index contributed by atoms with van der Waals surface area (Å²) in [4.78, 5) is 11.0. The maximum atomic E-state index is 13.7. The van der Waals surface area contributed by atoms with Gasteiger partial charge in [-0.3, -0.25) is 0 Å². The first-order valence-electron chi connectivity index (χ1n) is 5.44. The van der Waals surface area contributed by atoms with E-state index in [4.69, 9.17) is 5.11 Å². The minimum atomic E-state index is -1.38. The summed E-state index contributed by atoms with van der Waals surface area (Å²) in [6, 6.07) is 7.27. The van der Waals surface area contributed by atoms with Crippen molar-refractivity contribution >= 4 is 5.97 Å². The Bertz CT molecular complexity index is 639. The number of rotatable bonds is 3. The lowest BCUT2D eigenvalue weighted by atomic mass is 9.98. The van der Waals surface area contributed by atoms with Crippen LogP contribution in [0.1, 0.15) is 21.5 Å². The van der Waals surface area contributed by atoms with Gasteiger partial charge in [-0.25, -0.2) is 18.0 Å². The highest BCUT2D eigenvalue weighted by molar-refractivity contribution is 5.89. The number of halogens is 3. The zero-order chi connectivity index (χ0) is 14.0. The number of carboxylic acid groups (broad SMARTS) is 1. The maximum Gasteiger partial charge on any atom is 0.336 e. The third-order valence-electron chi connectivity index (χ3n) is 2.75. The van der Waals surface area contributed by atoms with Crippen LogP contribution in [-0.2, 0) is 6.42 Å². The molecule has 0 aliphatic heterocycles. The van der Waals surface area contributed by atoms with E-state index in [0.29, 0.717) is 0 Å². The molecule has 98 valence electrons. The van der Waals surface area contributed by atoms with Crippen molar-refractivity contribution in [3.8, 4) is 0 Å². The topological polar surface area (TPSA) is 37.3 Å². The molecule has 0 fully saturated rings. The highest BCUT2D eigenvalue weighted by atomic mass is 19.2. The average Bonchev–Trinajstić information content (AvgIpc) is 2.37. The van der Waals surface area contributed by atoms with Gasteiger partial charge < -0.3 is 5.11 Å². The van der Waals surface area contributed by atoms with Crippen LogP contribution in [0.2, 0.25) is 0 Å². The zero-order valence-electron chi connectivity index (χ0n) is 9.66. The van der Waals surface area contributed by atoms with Crippen molar-refractivity contribution in [1.29, 1.82) is 0 Å². The Morgan fingerprint density at radius 2 is 1.68 bits per heavy atom. The van der Waals surface area contributed by atoms with Crippen LogP contribution in [0.25, 0.3) is 0 Å². The third-order valence-corrected chi connectivity index (χ3v) is 2.75. The predicted octanol–water partition coefficient (Wildman–Crippen LogP) is 3.39. The van der Waals surface area contributed by atoms with E-state index in [1.54, 1.807) is 0 Å². The van der Waals surface area contributed by atoms with Crippen LogP contribution in [-0.4, -0.2) is 11.1 Å². The number of carbonyl (C=O) groups is 1. The van der Waals surface area contributed by atoms with Gasteiger partial charge in [0.25, 0.3) is 0 Å². The average molecular weight is 266 g/mol. The van der Waals surface area contributed by atoms with E-state index in [1.165, 1.54) is 24.3 Å². The normalized spacial score (nSPS) is 10.5. The van der Waals surface area contributed by atoms with Crippen LogP contribution in [0.15, 0.2) is 36.4 Å². The minimum Gasteiger partial charge on any atom is -0.478 e. The molecule has 0 amide bonds. The Balaban J connectivity index is 2.53. The smallest absolute Gasteiger partial charge is 0.336 e. The van der Waals surface area contributed by atoms with Crippen LogP contribution in [0, 0.1) is 17.5 Å². The molecule has 2 nitrogen and oxygen atoms in total. The molecule has 5 heteroatoms. The predicted molar refractivity (Wildman–Crippen MR) is 62.5 cm³/mol. The second-order valence-electron chi connectivity index (χ2n) is 3.96. The van der Waals surface area contributed by atoms with Crippen molar-refractivity contribution in [3.63, 3.8) is 0 Å². The summed E-state index contributed by atoms with van der Waals surface area (Å²) in [5, 5.41) is 8.95. The number of benzene rings is 2. The number of aromatic carboxylic acids is 1. The molecule has 0 radical (unpaired) electrons. The van der Waals surface area contributed by atoms with E-state index in [2.05, 4.69) is 0 Å². The molecule has 0 unspecified atom stereocenters. The molecule has 19 heavy (non-hydrogen) atoms. The molecule has 0 spiro atoms. The van der Waals surface area contributed by atoms with E-state index in [-0.39, 0.29) is 23.1 Å². The minimum absolute atomic E-state index is 0.106. The first-order valence-corrected chi connectivity index (χ1v) is 5.44. The second kappa shape index (κ2) is 5.14. The summed E-state index contributed by atoms with van der Waals surface area (Å²) in [5.41, 5.74) is -0.630. The quantitative estimate of drug-likeness (QED) is 0.924. The van der Waals surface area contributed by atoms with Crippen molar-refractivity contribution in [2.24, 2.45) is 0 Å².